The third kappa shape index (κ3) is 2.78. The molecule has 0 heterocycles. The van der Waals surface area contributed by atoms with E-state index in [1.165, 1.54) is 43.4 Å². The number of benzene rings is 1. The zero-order valence-corrected chi connectivity index (χ0v) is 9.01. The van der Waals surface area contributed by atoms with Crippen LogP contribution in [0.2, 0.25) is 0 Å². The van der Waals surface area contributed by atoms with E-state index in [1.807, 2.05) is 12.1 Å². The number of aryl methyl sites for hydroxylation is 1. The minimum atomic E-state index is -0.153. The molecule has 1 nitrogen and oxygen atoms in total. The molecule has 0 atom stereocenters. The van der Waals surface area contributed by atoms with Gasteiger partial charge in [0, 0.05) is 0 Å². The maximum absolute atomic E-state index is 12.6. The Morgan fingerprint density at radius 2 is 1.87 bits per heavy atom. The van der Waals surface area contributed by atoms with E-state index in [4.69, 9.17) is 5.73 Å². The zero-order valence-electron chi connectivity index (χ0n) is 9.01. The summed E-state index contributed by atoms with van der Waals surface area (Å²) in [6.07, 6.45) is 6.03. The smallest absolute Gasteiger partial charge is 0.123 e. The number of rotatable bonds is 5. The van der Waals surface area contributed by atoms with Crippen LogP contribution in [-0.2, 0) is 6.42 Å². The molecule has 2 N–H and O–H groups in total. The molecular weight excluding hydrogens is 189 g/mol. The summed E-state index contributed by atoms with van der Waals surface area (Å²) < 4.78 is 12.6. The molecule has 1 aromatic carbocycles. The Kier molecular flexibility index (Phi) is 3.06. The Labute approximate surface area is 90.5 Å². The fourth-order valence-electron chi connectivity index (χ4n) is 2.05. The number of hydrogen-bond acceptors (Lipinski definition) is 1. The highest BCUT2D eigenvalue weighted by Gasteiger charge is 2.39. The summed E-state index contributed by atoms with van der Waals surface area (Å²) in [5, 5.41) is 0. The van der Waals surface area contributed by atoms with Crippen molar-refractivity contribution in [2.75, 3.05) is 6.54 Å². The van der Waals surface area contributed by atoms with Gasteiger partial charge in [-0.1, -0.05) is 12.1 Å². The summed E-state index contributed by atoms with van der Waals surface area (Å²) in [5.41, 5.74) is 7.42. The third-order valence-electron chi connectivity index (χ3n) is 3.48. The Morgan fingerprint density at radius 1 is 1.20 bits per heavy atom. The van der Waals surface area contributed by atoms with Crippen molar-refractivity contribution in [3.05, 3.63) is 35.6 Å². The molecule has 0 radical (unpaired) electrons. The quantitative estimate of drug-likeness (QED) is 0.789. The van der Waals surface area contributed by atoms with Crippen molar-refractivity contribution in [2.45, 2.75) is 32.1 Å². The Balaban J connectivity index is 1.76. The molecule has 1 aliphatic carbocycles. The van der Waals surface area contributed by atoms with E-state index in [0.29, 0.717) is 5.41 Å². The standard InChI is InChI=1S/C13H18FN/c14-12-5-3-11(4-6-12)2-1-7-13(10-15)8-9-13/h3-6H,1-2,7-10,15H2. The summed E-state index contributed by atoms with van der Waals surface area (Å²) in [5.74, 6) is -0.153. The van der Waals surface area contributed by atoms with E-state index >= 15 is 0 Å². The molecule has 82 valence electrons. The van der Waals surface area contributed by atoms with E-state index in [2.05, 4.69) is 0 Å². The minimum absolute atomic E-state index is 0.153. The lowest BCUT2D eigenvalue weighted by atomic mass is 9.97. The van der Waals surface area contributed by atoms with E-state index in [1.54, 1.807) is 0 Å². The molecule has 0 unspecified atom stereocenters. The van der Waals surface area contributed by atoms with Crippen molar-refractivity contribution in [3.63, 3.8) is 0 Å². The molecule has 0 bridgehead atoms. The third-order valence-corrected chi connectivity index (χ3v) is 3.48. The van der Waals surface area contributed by atoms with Gasteiger partial charge in [0.05, 0.1) is 0 Å². The van der Waals surface area contributed by atoms with Crippen LogP contribution < -0.4 is 5.73 Å². The molecule has 0 spiro atoms. The first-order chi connectivity index (χ1) is 7.24. The average molecular weight is 207 g/mol. The molecule has 1 fully saturated rings. The topological polar surface area (TPSA) is 26.0 Å². The van der Waals surface area contributed by atoms with Gasteiger partial charge >= 0.3 is 0 Å². The monoisotopic (exact) mass is 207 g/mol. The zero-order chi connectivity index (χ0) is 10.7. The van der Waals surface area contributed by atoms with Gasteiger partial charge in [0.25, 0.3) is 0 Å². The van der Waals surface area contributed by atoms with Crippen molar-refractivity contribution in [3.8, 4) is 0 Å². The molecule has 0 saturated heterocycles. The highest BCUT2D eigenvalue weighted by Crippen LogP contribution is 2.48. The lowest BCUT2D eigenvalue weighted by molar-refractivity contribution is 0.460. The van der Waals surface area contributed by atoms with Crippen molar-refractivity contribution in [1.82, 2.24) is 0 Å². The predicted octanol–water partition coefficient (Wildman–Crippen LogP) is 2.89. The molecule has 2 heteroatoms. The lowest BCUT2D eigenvalue weighted by Crippen LogP contribution is -2.15. The van der Waals surface area contributed by atoms with Gasteiger partial charge in [0.2, 0.25) is 0 Å². The molecule has 15 heavy (non-hydrogen) atoms. The summed E-state index contributed by atoms with van der Waals surface area (Å²) in [6, 6.07) is 6.81. The average Bonchev–Trinajstić information content (AvgIpc) is 3.02. The van der Waals surface area contributed by atoms with E-state index in [0.717, 1.165) is 13.0 Å². The minimum Gasteiger partial charge on any atom is -0.330 e. The van der Waals surface area contributed by atoms with Crippen LogP contribution in [0.1, 0.15) is 31.2 Å². The van der Waals surface area contributed by atoms with Crippen molar-refractivity contribution in [1.29, 1.82) is 0 Å². The summed E-state index contributed by atoms with van der Waals surface area (Å²) in [4.78, 5) is 0. The largest absolute Gasteiger partial charge is 0.330 e. The molecule has 1 aliphatic rings. The van der Waals surface area contributed by atoms with E-state index in [9.17, 15) is 4.39 Å². The summed E-state index contributed by atoms with van der Waals surface area (Å²) in [7, 11) is 0. The van der Waals surface area contributed by atoms with Crippen LogP contribution in [0, 0.1) is 11.2 Å². The summed E-state index contributed by atoms with van der Waals surface area (Å²) in [6.45, 7) is 0.830. The maximum Gasteiger partial charge on any atom is 0.123 e. The molecule has 0 amide bonds. The van der Waals surface area contributed by atoms with Gasteiger partial charge in [-0.2, -0.15) is 0 Å². The SMILES string of the molecule is NCC1(CCCc2ccc(F)cc2)CC1. The van der Waals surface area contributed by atoms with Crippen LogP contribution in [0.25, 0.3) is 0 Å². The molecule has 0 aliphatic heterocycles. The first kappa shape index (κ1) is 10.6. The van der Waals surface area contributed by atoms with Crippen LogP contribution in [0.15, 0.2) is 24.3 Å². The second kappa shape index (κ2) is 4.31. The highest BCUT2D eigenvalue weighted by atomic mass is 19.1. The number of nitrogens with two attached hydrogens (primary N) is 1. The Bertz CT molecular complexity index is 314. The molecule has 0 aromatic heterocycles. The van der Waals surface area contributed by atoms with Gasteiger partial charge in [-0.25, -0.2) is 4.39 Å². The lowest BCUT2D eigenvalue weighted by Gasteiger charge is -2.11. The van der Waals surface area contributed by atoms with E-state index < -0.39 is 0 Å². The Morgan fingerprint density at radius 3 is 2.40 bits per heavy atom. The van der Waals surface area contributed by atoms with Crippen molar-refractivity contribution < 1.29 is 4.39 Å². The normalized spacial score (nSPS) is 17.7. The molecular formula is C13H18FN. The van der Waals surface area contributed by atoms with Gasteiger partial charge in [0.1, 0.15) is 5.82 Å². The van der Waals surface area contributed by atoms with Gasteiger partial charge in [-0.15, -0.1) is 0 Å². The van der Waals surface area contributed by atoms with Crippen molar-refractivity contribution >= 4 is 0 Å². The molecule has 2 rings (SSSR count). The van der Waals surface area contributed by atoms with Crippen LogP contribution in [0.4, 0.5) is 4.39 Å². The van der Waals surface area contributed by atoms with E-state index in [-0.39, 0.29) is 5.82 Å². The van der Waals surface area contributed by atoms with Crippen LogP contribution in [0.5, 0.6) is 0 Å². The number of halogens is 1. The Hall–Kier alpha value is -0.890. The molecule has 1 saturated carbocycles. The molecule has 1 aromatic rings. The maximum atomic E-state index is 12.6. The predicted molar refractivity (Wildman–Crippen MR) is 60.1 cm³/mol. The van der Waals surface area contributed by atoms with Crippen LogP contribution >= 0.6 is 0 Å². The second-order valence-corrected chi connectivity index (χ2v) is 4.68. The fourth-order valence-corrected chi connectivity index (χ4v) is 2.05. The van der Waals surface area contributed by atoms with Gasteiger partial charge < -0.3 is 5.73 Å². The first-order valence-corrected chi connectivity index (χ1v) is 5.69. The first-order valence-electron chi connectivity index (χ1n) is 5.69. The highest BCUT2D eigenvalue weighted by molar-refractivity contribution is 5.16. The fraction of sp³-hybridized carbons (Fsp3) is 0.538. The van der Waals surface area contributed by atoms with Gasteiger partial charge in [-0.05, 0) is 61.8 Å². The second-order valence-electron chi connectivity index (χ2n) is 4.68. The van der Waals surface area contributed by atoms with Gasteiger partial charge in [0.15, 0.2) is 0 Å². The van der Waals surface area contributed by atoms with Crippen LogP contribution in [0.3, 0.4) is 0 Å². The van der Waals surface area contributed by atoms with Crippen molar-refractivity contribution in [2.24, 2.45) is 11.1 Å². The van der Waals surface area contributed by atoms with Crippen LogP contribution in [-0.4, -0.2) is 6.54 Å². The summed E-state index contributed by atoms with van der Waals surface area (Å²) >= 11 is 0. The number of hydrogen-bond donors (Lipinski definition) is 1. The van der Waals surface area contributed by atoms with Gasteiger partial charge in [-0.3, -0.25) is 0 Å².